The van der Waals surface area contributed by atoms with Crippen molar-refractivity contribution in [3.8, 4) is 11.1 Å². The standard InChI is InChI=1S/C22H24S.C8H18/c1-15(2)16-5-7-17(8-6-16)18-9-10-20(23)19-11-14-22(21(18)19)12-3-4-13-22;1-7(2,3)8(4,5)6/h5-10,23H,1,3-4,11-14H2,2H3;1-6H3. The van der Waals surface area contributed by atoms with E-state index in [0.29, 0.717) is 16.2 Å². The van der Waals surface area contributed by atoms with Crippen molar-refractivity contribution in [3.63, 3.8) is 0 Å². The number of thiol groups is 1. The second kappa shape index (κ2) is 8.81. The smallest absolute Gasteiger partial charge is 0.00754 e. The van der Waals surface area contributed by atoms with Crippen LogP contribution >= 0.6 is 12.6 Å². The summed E-state index contributed by atoms with van der Waals surface area (Å²) in [6.07, 6.45) is 7.99. The summed E-state index contributed by atoms with van der Waals surface area (Å²) in [4.78, 5) is 1.19. The van der Waals surface area contributed by atoms with Gasteiger partial charge < -0.3 is 0 Å². The van der Waals surface area contributed by atoms with E-state index in [2.05, 4.69) is 91.4 Å². The van der Waals surface area contributed by atoms with Gasteiger partial charge in [-0.1, -0.05) is 96.9 Å². The summed E-state index contributed by atoms with van der Waals surface area (Å²) in [5, 5.41) is 0. The van der Waals surface area contributed by atoms with Crippen molar-refractivity contribution in [3.05, 3.63) is 59.7 Å². The first-order chi connectivity index (χ1) is 14.4. The first-order valence-corrected chi connectivity index (χ1v) is 12.4. The first-order valence-electron chi connectivity index (χ1n) is 12.0. The van der Waals surface area contributed by atoms with Gasteiger partial charge in [-0.3, -0.25) is 0 Å². The van der Waals surface area contributed by atoms with Crippen LogP contribution in [0.4, 0.5) is 0 Å². The molecule has 0 atom stereocenters. The molecule has 0 heterocycles. The molecule has 0 nitrogen and oxygen atoms in total. The molecule has 1 spiro atoms. The molecule has 2 aromatic carbocycles. The number of hydrogen-bond acceptors (Lipinski definition) is 1. The number of allylic oxidation sites excluding steroid dienone is 1. The largest absolute Gasteiger partial charge is 0.143 e. The zero-order valence-corrected chi connectivity index (χ0v) is 21.8. The zero-order chi connectivity index (χ0) is 23.0. The fraction of sp³-hybridized carbons (Fsp3) is 0.533. The Hall–Kier alpha value is -1.47. The highest BCUT2D eigenvalue weighted by Crippen LogP contribution is 2.54. The van der Waals surface area contributed by atoms with E-state index in [-0.39, 0.29) is 0 Å². The third-order valence-electron chi connectivity index (χ3n) is 8.17. The van der Waals surface area contributed by atoms with E-state index in [4.69, 9.17) is 12.6 Å². The van der Waals surface area contributed by atoms with Crippen LogP contribution in [0.5, 0.6) is 0 Å². The Morgan fingerprint density at radius 3 is 1.87 bits per heavy atom. The fourth-order valence-electron chi connectivity index (χ4n) is 4.71. The molecule has 0 bridgehead atoms. The zero-order valence-electron chi connectivity index (χ0n) is 20.9. The second-order valence-corrected chi connectivity index (χ2v) is 12.3. The maximum absolute atomic E-state index is 4.75. The molecule has 0 unspecified atom stereocenters. The molecule has 2 aromatic rings. The molecule has 168 valence electrons. The lowest BCUT2D eigenvalue weighted by molar-refractivity contribution is 0.157. The van der Waals surface area contributed by atoms with Crippen LogP contribution in [0.25, 0.3) is 16.7 Å². The average Bonchev–Trinajstić information content (AvgIpc) is 3.30. The number of hydrogen-bond donors (Lipinski definition) is 1. The van der Waals surface area contributed by atoms with E-state index in [0.717, 1.165) is 5.57 Å². The maximum atomic E-state index is 4.75. The van der Waals surface area contributed by atoms with E-state index >= 15 is 0 Å². The van der Waals surface area contributed by atoms with Crippen LogP contribution < -0.4 is 0 Å². The van der Waals surface area contributed by atoms with Gasteiger partial charge in [-0.25, -0.2) is 0 Å². The lowest BCUT2D eigenvalue weighted by atomic mass is 9.71. The summed E-state index contributed by atoms with van der Waals surface area (Å²) >= 11 is 4.75. The molecular formula is C30H42S. The van der Waals surface area contributed by atoms with Gasteiger partial charge in [0, 0.05) is 4.90 Å². The molecule has 2 aliphatic carbocycles. The lowest BCUT2D eigenvalue weighted by Gasteiger charge is -2.34. The van der Waals surface area contributed by atoms with Crippen LogP contribution in [0.2, 0.25) is 0 Å². The summed E-state index contributed by atoms with van der Waals surface area (Å²) in [6.45, 7) is 19.7. The summed E-state index contributed by atoms with van der Waals surface area (Å²) in [5.74, 6) is 0. The summed E-state index contributed by atoms with van der Waals surface area (Å²) in [5.41, 5.74) is 9.56. The molecular weight excluding hydrogens is 392 g/mol. The number of fused-ring (bicyclic) bond motifs is 2. The summed E-state index contributed by atoms with van der Waals surface area (Å²) in [6, 6.07) is 13.4. The van der Waals surface area contributed by atoms with Gasteiger partial charge in [-0.05, 0) is 82.7 Å². The Bertz CT molecular complexity index is 914. The van der Waals surface area contributed by atoms with Gasteiger partial charge in [-0.2, -0.15) is 0 Å². The molecule has 31 heavy (non-hydrogen) atoms. The predicted molar refractivity (Wildman–Crippen MR) is 141 cm³/mol. The highest BCUT2D eigenvalue weighted by atomic mass is 32.1. The molecule has 0 aromatic heterocycles. The van der Waals surface area contributed by atoms with Gasteiger partial charge in [0.2, 0.25) is 0 Å². The van der Waals surface area contributed by atoms with E-state index in [9.17, 15) is 0 Å². The van der Waals surface area contributed by atoms with Crippen LogP contribution in [0.1, 0.15) is 97.3 Å². The van der Waals surface area contributed by atoms with E-state index in [1.807, 2.05) is 0 Å². The van der Waals surface area contributed by atoms with Gasteiger partial charge in [0.15, 0.2) is 0 Å². The third-order valence-corrected chi connectivity index (χ3v) is 8.59. The average molecular weight is 435 g/mol. The van der Waals surface area contributed by atoms with E-state index in [1.165, 1.54) is 65.7 Å². The molecule has 0 N–H and O–H groups in total. The van der Waals surface area contributed by atoms with E-state index < -0.39 is 0 Å². The Morgan fingerprint density at radius 2 is 1.39 bits per heavy atom. The first kappa shape index (κ1) is 24.2. The van der Waals surface area contributed by atoms with Crippen molar-refractivity contribution in [2.75, 3.05) is 0 Å². The number of benzene rings is 2. The quantitative estimate of drug-likeness (QED) is 0.447. The Morgan fingerprint density at radius 1 is 0.839 bits per heavy atom. The Labute approximate surface area is 197 Å². The van der Waals surface area contributed by atoms with Crippen molar-refractivity contribution in [1.82, 2.24) is 0 Å². The molecule has 0 amide bonds. The van der Waals surface area contributed by atoms with Crippen molar-refractivity contribution >= 4 is 18.2 Å². The summed E-state index contributed by atoms with van der Waals surface area (Å²) in [7, 11) is 0. The van der Waals surface area contributed by atoms with Crippen molar-refractivity contribution in [2.24, 2.45) is 10.8 Å². The van der Waals surface area contributed by atoms with Gasteiger partial charge in [0.25, 0.3) is 0 Å². The molecule has 1 saturated carbocycles. The molecule has 0 aliphatic heterocycles. The summed E-state index contributed by atoms with van der Waals surface area (Å²) < 4.78 is 0. The molecule has 4 rings (SSSR count). The monoisotopic (exact) mass is 434 g/mol. The molecule has 2 aliphatic rings. The van der Waals surface area contributed by atoms with Crippen LogP contribution in [0.3, 0.4) is 0 Å². The predicted octanol–water partition coefficient (Wildman–Crippen LogP) is 9.51. The maximum Gasteiger partial charge on any atom is 0.00754 e. The number of rotatable bonds is 2. The van der Waals surface area contributed by atoms with Crippen molar-refractivity contribution in [2.45, 2.75) is 97.3 Å². The fourth-order valence-corrected chi connectivity index (χ4v) is 5.01. The minimum atomic E-state index is 0.427. The minimum absolute atomic E-state index is 0.427. The third kappa shape index (κ3) is 4.98. The Balaban J connectivity index is 0.000000293. The van der Waals surface area contributed by atoms with Gasteiger partial charge in [-0.15, -0.1) is 12.6 Å². The SMILES string of the molecule is C=C(C)c1ccc(-c2ccc(S)c3c2C2(CCCC2)CC3)cc1.CC(C)(C)C(C)(C)C. The van der Waals surface area contributed by atoms with Crippen LogP contribution in [0.15, 0.2) is 47.9 Å². The van der Waals surface area contributed by atoms with Crippen LogP contribution in [-0.2, 0) is 11.8 Å². The highest BCUT2D eigenvalue weighted by molar-refractivity contribution is 7.80. The van der Waals surface area contributed by atoms with Gasteiger partial charge >= 0.3 is 0 Å². The lowest BCUT2D eigenvalue weighted by Crippen LogP contribution is -2.25. The topological polar surface area (TPSA) is 0 Å². The minimum Gasteiger partial charge on any atom is -0.143 e. The molecule has 0 radical (unpaired) electrons. The highest BCUT2D eigenvalue weighted by Gasteiger charge is 2.43. The van der Waals surface area contributed by atoms with Crippen molar-refractivity contribution in [1.29, 1.82) is 0 Å². The molecule has 1 heteroatoms. The molecule has 0 saturated heterocycles. The molecule has 1 fully saturated rings. The van der Waals surface area contributed by atoms with Crippen LogP contribution in [0, 0.1) is 10.8 Å². The van der Waals surface area contributed by atoms with Crippen molar-refractivity contribution < 1.29 is 0 Å². The Kier molecular flexibility index (Phi) is 6.87. The second-order valence-electron chi connectivity index (χ2n) is 11.8. The van der Waals surface area contributed by atoms with Gasteiger partial charge in [0.1, 0.15) is 0 Å². The van der Waals surface area contributed by atoms with E-state index in [1.54, 1.807) is 5.56 Å². The van der Waals surface area contributed by atoms with Crippen LogP contribution in [-0.4, -0.2) is 0 Å². The van der Waals surface area contributed by atoms with Gasteiger partial charge in [0.05, 0.1) is 0 Å². The normalized spacial score (nSPS) is 17.3.